The van der Waals surface area contributed by atoms with Gasteiger partial charge in [-0.15, -0.1) is 0 Å². The van der Waals surface area contributed by atoms with E-state index in [0.717, 1.165) is 11.4 Å². The van der Waals surface area contributed by atoms with Crippen molar-refractivity contribution in [2.45, 2.75) is 113 Å². The van der Waals surface area contributed by atoms with Crippen LogP contribution in [-0.4, -0.2) is 13.9 Å². The average molecular weight is 491 g/mol. The summed E-state index contributed by atoms with van der Waals surface area (Å²) in [5, 5.41) is 0. The van der Waals surface area contributed by atoms with E-state index in [1.165, 1.54) is 33.6 Å². The van der Waals surface area contributed by atoms with Crippen molar-refractivity contribution >= 4 is 25.3 Å². The summed E-state index contributed by atoms with van der Waals surface area (Å²) in [7, 11) is -1.75. The number of allylic oxidation sites excluding steroid dienone is 2. The molecule has 2 aromatic carbocycles. The molecule has 0 saturated heterocycles. The summed E-state index contributed by atoms with van der Waals surface area (Å²) in [5.41, 5.74) is 10.5. The SMILES string of the molecule is CC(/C=C(\C)N(c1c(C(C)C)cccc1C(C)C)[Si](C)(C)C)=Nc1c(C(C)C)cccc1C(C)C. The first kappa shape index (κ1) is 29.1. The second kappa shape index (κ2) is 11.7. The molecule has 0 N–H and O–H groups in total. The Balaban J connectivity index is 2.74. The number of rotatable bonds is 9. The van der Waals surface area contributed by atoms with Gasteiger partial charge in [-0.2, -0.15) is 0 Å². The van der Waals surface area contributed by atoms with Crippen molar-refractivity contribution in [3.8, 4) is 0 Å². The minimum absolute atomic E-state index is 0.440. The van der Waals surface area contributed by atoms with Crippen LogP contribution in [0.1, 0.15) is 115 Å². The molecule has 0 aliphatic carbocycles. The highest BCUT2D eigenvalue weighted by molar-refractivity contribution is 6.80. The van der Waals surface area contributed by atoms with Crippen molar-refractivity contribution in [1.29, 1.82) is 0 Å². The predicted molar refractivity (Wildman–Crippen MR) is 162 cm³/mol. The van der Waals surface area contributed by atoms with Gasteiger partial charge in [0.25, 0.3) is 0 Å². The van der Waals surface area contributed by atoms with Crippen LogP contribution in [0.4, 0.5) is 11.4 Å². The first-order chi connectivity index (χ1) is 16.2. The van der Waals surface area contributed by atoms with Gasteiger partial charge in [0.2, 0.25) is 0 Å². The molecule has 192 valence electrons. The molecular formula is C32H50N2Si. The van der Waals surface area contributed by atoms with Gasteiger partial charge in [-0.25, -0.2) is 0 Å². The highest BCUT2D eigenvalue weighted by atomic mass is 28.3. The first-order valence-corrected chi connectivity index (χ1v) is 16.9. The Morgan fingerprint density at radius 2 is 1.06 bits per heavy atom. The van der Waals surface area contributed by atoms with Gasteiger partial charge in [0.15, 0.2) is 8.24 Å². The third-order valence-electron chi connectivity index (χ3n) is 6.64. The second-order valence-electron chi connectivity index (χ2n) is 12.2. The van der Waals surface area contributed by atoms with Crippen LogP contribution in [0.2, 0.25) is 19.6 Å². The van der Waals surface area contributed by atoms with E-state index in [9.17, 15) is 0 Å². The summed E-state index contributed by atoms with van der Waals surface area (Å²) < 4.78 is 2.67. The molecule has 0 aliphatic heterocycles. The molecule has 0 fully saturated rings. The fourth-order valence-electron chi connectivity index (χ4n) is 5.03. The molecule has 0 radical (unpaired) electrons. The lowest BCUT2D eigenvalue weighted by Gasteiger charge is -2.41. The summed E-state index contributed by atoms with van der Waals surface area (Å²) in [6.45, 7) is 30.1. The molecule has 0 unspecified atom stereocenters. The maximum absolute atomic E-state index is 5.24. The average Bonchev–Trinajstić information content (AvgIpc) is 2.72. The highest BCUT2D eigenvalue weighted by Gasteiger charge is 2.30. The van der Waals surface area contributed by atoms with Gasteiger partial charge in [0, 0.05) is 17.1 Å². The Labute approximate surface area is 217 Å². The van der Waals surface area contributed by atoms with Crippen LogP contribution < -0.4 is 4.57 Å². The molecule has 0 heterocycles. The van der Waals surface area contributed by atoms with Crippen molar-refractivity contribution in [3.63, 3.8) is 0 Å². The van der Waals surface area contributed by atoms with Crippen LogP contribution >= 0.6 is 0 Å². The zero-order valence-corrected chi connectivity index (χ0v) is 25.7. The Bertz CT molecular complexity index is 1010. The Morgan fingerprint density at radius 1 is 0.686 bits per heavy atom. The zero-order chi connectivity index (χ0) is 26.7. The Kier molecular flexibility index (Phi) is 9.76. The molecule has 3 heteroatoms. The number of hydrogen-bond acceptors (Lipinski definition) is 2. The zero-order valence-electron chi connectivity index (χ0n) is 24.7. The summed E-state index contributed by atoms with van der Waals surface area (Å²) in [4.78, 5) is 5.24. The molecular weight excluding hydrogens is 440 g/mol. The van der Waals surface area contributed by atoms with E-state index < -0.39 is 8.24 Å². The molecule has 2 nitrogen and oxygen atoms in total. The number of hydrogen-bond donors (Lipinski definition) is 0. The number of aliphatic imine (C=N–C) groups is 1. The molecule has 2 aromatic rings. The minimum atomic E-state index is -1.75. The van der Waals surface area contributed by atoms with Crippen LogP contribution in [0.3, 0.4) is 0 Å². The number of nitrogens with zero attached hydrogens (tertiary/aromatic N) is 2. The lowest BCUT2D eigenvalue weighted by molar-refractivity contribution is 0.829. The predicted octanol–water partition coefficient (Wildman–Crippen LogP) is 10.5. The molecule has 0 saturated carbocycles. The van der Waals surface area contributed by atoms with E-state index in [0.29, 0.717) is 23.7 Å². The van der Waals surface area contributed by atoms with Crippen LogP contribution in [0.25, 0.3) is 0 Å². The molecule has 0 aromatic heterocycles. The molecule has 0 spiro atoms. The standard InChI is InChI=1S/C32H50N2Si/c1-21(2)27-16-14-17-28(22(3)4)31(27)33-25(9)20-26(10)34(35(11,12)13)32-29(23(5)6)18-15-19-30(32)24(7)8/h14-24H,1-13H3/b26-20+,33-25?. The lowest BCUT2D eigenvalue weighted by Crippen LogP contribution is -2.46. The van der Waals surface area contributed by atoms with E-state index >= 15 is 0 Å². The number of benzene rings is 2. The van der Waals surface area contributed by atoms with E-state index in [4.69, 9.17) is 4.99 Å². The number of para-hydroxylation sites is 2. The van der Waals surface area contributed by atoms with Gasteiger partial charge < -0.3 is 4.57 Å². The van der Waals surface area contributed by atoms with E-state index in [-0.39, 0.29) is 0 Å². The second-order valence-corrected chi connectivity index (χ2v) is 17.0. The fraction of sp³-hybridized carbons (Fsp3) is 0.531. The van der Waals surface area contributed by atoms with Crippen LogP contribution in [0.15, 0.2) is 53.2 Å². The Morgan fingerprint density at radius 3 is 1.40 bits per heavy atom. The normalized spacial score (nSPS) is 13.5. The minimum Gasteiger partial charge on any atom is -0.372 e. The van der Waals surface area contributed by atoms with Crippen molar-refractivity contribution in [1.82, 2.24) is 0 Å². The van der Waals surface area contributed by atoms with Crippen LogP contribution in [-0.2, 0) is 0 Å². The fourth-order valence-corrected chi connectivity index (χ4v) is 7.08. The maximum Gasteiger partial charge on any atom is 0.153 e. The lowest BCUT2D eigenvalue weighted by atomic mass is 9.92. The van der Waals surface area contributed by atoms with E-state index in [1.54, 1.807) is 0 Å². The van der Waals surface area contributed by atoms with Gasteiger partial charge in [-0.05, 0) is 65.8 Å². The molecule has 35 heavy (non-hydrogen) atoms. The van der Waals surface area contributed by atoms with Crippen molar-refractivity contribution in [2.75, 3.05) is 4.57 Å². The van der Waals surface area contributed by atoms with Crippen molar-refractivity contribution in [2.24, 2.45) is 4.99 Å². The summed E-state index contributed by atoms with van der Waals surface area (Å²) in [5.74, 6) is 1.82. The molecule has 2 rings (SSSR count). The molecule has 0 atom stereocenters. The van der Waals surface area contributed by atoms with Crippen LogP contribution in [0.5, 0.6) is 0 Å². The van der Waals surface area contributed by atoms with Gasteiger partial charge in [0.1, 0.15) is 0 Å². The van der Waals surface area contributed by atoms with Crippen LogP contribution in [0, 0.1) is 0 Å². The quantitative estimate of drug-likeness (QED) is 0.252. The maximum atomic E-state index is 5.24. The van der Waals surface area contributed by atoms with E-state index in [2.05, 4.69) is 136 Å². The van der Waals surface area contributed by atoms with Gasteiger partial charge >= 0.3 is 0 Å². The third kappa shape index (κ3) is 6.97. The highest BCUT2D eigenvalue weighted by Crippen LogP contribution is 2.40. The smallest absolute Gasteiger partial charge is 0.153 e. The van der Waals surface area contributed by atoms with Gasteiger partial charge in [-0.3, -0.25) is 4.99 Å². The third-order valence-corrected chi connectivity index (χ3v) is 8.56. The summed E-state index contributed by atoms with van der Waals surface area (Å²) in [6, 6.07) is 13.5. The molecule has 0 aliphatic rings. The Hall–Kier alpha value is -2.13. The van der Waals surface area contributed by atoms with Crippen molar-refractivity contribution in [3.05, 3.63) is 70.4 Å². The summed E-state index contributed by atoms with van der Waals surface area (Å²) >= 11 is 0. The largest absolute Gasteiger partial charge is 0.372 e. The van der Waals surface area contributed by atoms with Gasteiger partial charge in [0.05, 0.1) is 5.69 Å². The molecule has 0 bridgehead atoms. The van der Waals surface area contributed by atoms with E-state index in [1.807, 2.05) is 0 Å². The monoisotopic (exact) mass is 490 g/mol. The first-order valence-electron chi connectivity index (χ1n) is 13.5. The van der Waals surface area contributed by atoms with Crippen molar-refractivity contribution < 1.29 is 0 Å². The topological polar surface area (TPSA) is 15.6 Å². The summed E-state index contributed by atoms with van der Waals surface area (Å²) in [6.07, 6.45) is 2.31. The number of anilines is 1. The molecule has 0 amide bonds. The van der Waals surface area contributed by atoms with Gasteiger partial charge in [-0.1, -0.05) is 111 Å².